The molecule has 1 atom stereocenters. The third-order valence-corrected chi connectivity index (χ3v) is 6.44. The van der Waals surface area contributed by atoms with E-state index in [9.17, 15) is 9.18 Å². The highest BCUT2D eigenvalue weighted by molar-refractivity contribution is 6.02. The van der Waals surface area contributed by atoms with Crippen molar-refractivity contribution in [2.75, 3.05) is 20.2 Å². The zero-order valence-corrected chi connectivity index (χ0v) is 19.0. The molecule has 0 N–H and O–H groups in total. The normalized spacial score (nSPS) is 16.2. The summed E-state index contributed by atoms with van der Waals surface area (Å²) in [6.45, 7) is 6.99. The first-order valence-electron chi connectivity index (χ1n) is 11.1. The number of hydrogen-bond acceptors (Lipinski definition) is 3. The quantitative estimate of drug-likeness (QED) is 0.400. The van der Waals surface area contributed by atoms with Crippen molar-refractivity contribution in [3.63, 3.8) is 0 Å². The molecule has 1 heterocycles. The minimum Gasteiger partial charge on any atom is -0.497 e. The van der Waals surface area contributed by atoms with Crippen molar-refractivity contribution in [2.24, 2.45) is 5.41 Å². The lowest BCUT2D eigenvalue weighted by Gasteiger charge is -2.48. The third-order valence-electron chi connectivity index (χ3n) is 6.44. The van der Waals surface area contributed by atoms with Crippen LogP contribution in [0.25, 0.3) is 0 Å². The van der Waals surface area contributed by atoms with Gasteiger partial charge in [0, 0.05) is 32.5 Å². The molecule has 1 aliphatic rings. The molecule has 1 unspecified atom stereocenters. The molecule has 4 rings (SSSR count). The zero-order valence-electron chi connectivity index (χ0n) is 19.0. The Labute approximate surface area is 191 Å². The second kappa shape index (κ2) is 9.25. The molecule has 0 spiro atoms. The fourth-order valence-corrected chi connectivity index (χ4v) is 4.76. The fourth-order valence-electron chi connectivity index (χ4n) is 4.76. The van der Waals surface area contributed by atoms with E-state index in [1.807, 2.05) is 61.5 Å². The molecule has 0 saturated carbocycles. The maximum Gasteiger partial charge on any atom is 0.170 e. The number of likely N-dealkylation sites (tertiary alicyclic amines) is 1. The topological polar surface area (TPSA) is 29.5 Å². The van der Waals surface area contributed by atoms with Crippen molar-refractivity contribution in [2.45, 2.75) is 32.7 Å². The molecule has 3 aromatic carbocycles. The molecule has 0 bridgehead atoms. The van der Waals surface area contributed by atoms with E-state index in [4.69, 9.17) is 4.74 Å². The van der Waals surface area contributed by atoms with E-state index in [1.54, 1.807) is 7.11 Å². The van der Waals surface area contributed by atoms with Gasteiger partial charge < -0.3 is 4.74 Å². The van der Waals surface area contributed by atoms with Crippen molar-refractivity contribution in [3.05, 3.63) is 101 Å². The number of carbonyl (C=O) groups is 1. The van der Waals surface area contributed by atoms with Crippen molar-refractivity contribution >= 4 is 5.78 Å². The number of ether oxygens (including phenoxy) is 1. The zero-order chi connectivity index (χ0) is 22.7. The fraction of sp³-hybridized carbons (Fsp3) is 0.321. The molecular formula is C28H32FNO2. The van der Waals surface area contributed by atoms with Gasteiger partial charge in [0.05, 0.1) is 7.11 Å². The van der Waals surface area contributed by atoms with E-state index in [1.165, 1.54) is 12.1 Å². The predicted molar refractivity (Wildman–Crippen MR) is 128 cm³/mol. The van der Waals surface area contributed by atoms with Gasteiger partial charge in [0.2, 0.25) is 0 Å². The Morgan fingerprint density at radius 2 is 1.72 bits per heavy atom. The molecule has 32 heavy (non-hydrogen) atoms. The number of halogens is 1. The molecule has 1 saturated heterocycles. The van der Waals surface area contributed by atoms with Crippen LogP contribution in [0.2, 0.25) is 0 Å². The van der Waals surface area contributed by atoms with Crippen molar-refractivity contribution < 1.29 is 15.3 Å². The second-order valence-corrected chi connectivity index (χ2v) is 9.28. The molecule has 3 nitrogen and oxygen atoms in total. The number of benzene rings is 3. The number of nitrogens with zero attached hydrogens (tertiary/aromatic N) is 1. The summed E-state index contributed by atoms with van der Waals surface area (Å²) < 4.78 is 18.4. The summed E-state index contributed by atoms with van der Waals surface area (Å²) in [6, 6.07) is 22.4. The minimum atomic E-state index is -0.216. The average molecular weight is 434 g/mol. The molecule has 0 aliphatic carbocycles. The Kier molecular flexibility index (Phi) is 6.43. The number of carbonyl (C=O) groups excluding carboxylic acids is 1. The van der Waals surface area contributed by atoms with Crippen LogP contribution in [0.3, 0.4) is 0 Å². The molecule has 1 fully saturated rings. The molecule has 0 amide bonds. The summed E-state index contributed by atoms with van der Waals surface area (Å²) in [5.41, 5.74) is 4.17. The van der Waals surface area contributed by atoms with Gasteiger partial charge in [0.1, 0.15) is 11.6 Å². The van der Waals surface area contributed by atoms with Crippen LogP contribution in [0, 0.1) is 11.2 Å². The maximum atomic E-state index is 13.4. The Hall–Kier alpha value is -2.98. The summed E-state index contributed by atoms with van der Waals surface area (Å²) in [6.07, 6.45) is 0.865. The van der Waals surface area contributed by atoms with Crippen LogP contribution in [0.4, 0.5) is 4.39 Å². The number of ketones is 1. The lowest BCUT2D eigenvalue weighted by molar-refractivity contribution is 0.00927. The first kappa shape index (κ1) is 22.2. The van der Waals surface area contributed by atoms with Crippen LogP contribution in [0.15, 0.2) is 72.8 Å². The van der Waals surface area contributed by atoms with Crippen LogP contribution in [-0.2, 0) is 13.0 Å². The highest BCUT2D eigenvalue weighted by Gasteiger charge is 2.39. The third kappa shape index (κ3) is 4.91. The Morgan fingerprint density at radius 1 is 1.06 bits per heavy atom. The lowest BCUT2D eigenvalue weighted by atomic mass is 9.75. The average Bonchev–Trinajstić information content (AvgIpc) is 2.79. The van der Waals surface area contributed by atoms with Gasteiger partial charge in [-0.15, -0.1) is 0 Å². The molecule has 0 radical (unpaired) electrons. The number of rotatable bonds is 8. The summed E-state index contributed by atoms with van der Waals surface area (Å²) in [7, 11) is 1.64. The molecule has 3 aromatic rings. The van der Waals surface area contributed by atoms with Crippen molar-refractivity contribution in [3.8, 4) is 5.75 Å². The van der Waals surface area contributed by atoms with Gasteiger partial charge in [-0.05, 0) is 52.8 Å². The van der Waals surface area contributed by atoms with Gasteiger partial charge in [0.15, 0.2) is 5.78 Å². The van der Waals surface area contributed by atoms with Gasteiger partial charge in [-0.25, -0.2) is 4.39 Å². The highest BCUT2D eigenvalue weighted by atomic mass is 19.1. The standard InChI is InChI=1S/C28H30FNO2.H2/c1-20(22-10-14-25(32-3)15-11-22)27(31)26-7-5-4-6-23(26)16-28(2)18-30(19-28)17-21-8-12-24(29)13-9-21;/h4-15,20H,16-19H2,1-3H3;1H. The van der Waals surface area contributed by atoms with E-state index in [-0.39, 0.29) is 24.4 Å². The smallest absolute Gasteiger partial charge is 0.170 e. The molecular weight excluding hydrogens is 401 g/mol. The van der Waals surface area contributed by atoms with Gasteiger partial charge in [0.25, 0.3) is 0 Å². The SMILES string of the molecule is COc1ccc(C(C)C(=O)c2ccccc2CC2(C)CN(Cc3ccc(F)cc3)C2)cc1.[HH]. The van der Waals surface area contributed by atoms with Crippen LogP contribution in [0.5, 0.6) is 5.75 Å². The van der Waals surface area contributed by atoms with Crippen molar-refractivity contribution in [1.29, 1.82) is 0 Å². The Morgan fingerprint density at radius 3 is 2.38 bits per heavy atom. The maximum absolute atomic E-state index is 13.4. The summed E-state index contributed by atoms with van der Waals surface area (Å²) in [5.74, 6) is 0.521. The van der Waals surface area contributed by atoms with Gasteiger partial charge in [-0.2, -0.15) is 0 Å². The summed E-state index contributed by atoms with van der Waals surface area (Å²) >= 11 is 0. The molecule has 0 aromatic heterocycles. The molecule has 1 aliphatic heterocycles. The Bertz CT molecular complexity index is 1080. The highest BCUT2D eigenvalue weighted by Crippen LogP contribution is 2.36. The number of methoxy groups -OCH3 is 1. The van der Waals surface area contributed by atoms with E-state index in [0.717, 1.165) is 54.1 Å². The first-order chi connectivity index (χ1) is 15.4. The number of hydrogen-bond donors (Lipinski definition) is 0. The van der Waals surface area contributed by atoms with Crippen LogP contribution in [0.1, 0.15) is 48.2 Å². The van der Waals surface area contributed by atoms with Crippen LogP contribution in [-0.4, -0.2) is 30.9 Å². The van der Waals surface area contributed by atoms with E-state index >= 15 is 0 Å². The first-order valence-corrected chi connectivity index (χ1v) is 11.1. The van der Waals surface area contributed by atoms with Crippen LogP contribution < -0.4 is 4.74 Å². The monoisotopic (exact) mass is 433 g/mol. The van der Waals surface area contributed by atoms with Crippen molar-refractivity contribution in [1.82, 2.24) is 4.90 Å². The minimum absolute atomic E-state index is 0. The largest absolute Gasteiger partial charge is 0.497 e. The van der Waals surface area contributed by atoms with Crippen LogP contribution >= 0.6 is 0 Å². The van der Waals surface area contributed by atoms with E-state index in [2.05, 4.69) is 17.9 Å². The summed E-state index contributed by atoms with van der Waals surface area (Å²) in [4.78, 5) is 15.7. The summed E-state index contributed by atoms with van der Waals surface area (Å²) in [5, 5.41) is 0. The second-order valence-electron chi connectivity index (χ2n) is 9.28. The molecule has 168 valence electrons. The van der Waals surface area contributed by atoms with Gasteiger partial charge in [-0.3, -0.25) is 9.69 Å². The Balaban J connectivity index is 0.00000306. The van der Waals surface area contributed by atoms with E-state index < -0.39 is 0 Å². The molecule has 4 heteroatoms. The lowest BCUT2D eigenvalue weighted by Crippen LogP contribution is -2.55. The van der Waals surface area contributed by atoms with E-state index in [0.29, 0.717) is 0 Å². The number of Topliss-reactive ketones (excluding diaryl/α,β-unsaturated/α-hetero) is 1. The van der Waals surface area contributed by atoms with Gasteiger partial charge >= 0.3 is 0 Å². The predicted octanol–water partition coefficient (Wildman–Crippen LogP) is 6.13. The van der Waals surface area contributed by atoms with Gasteiger partial charge in [-0.1, -0.05) is 62.4 Å².